The van der Waals surface area contributed by atoms with E-state index in [4.69, 9.17) is 4.99 Å². The van der Waals surface area contributed by atoms with Crippen LogP contribution in [0.1, 0.15) is 38.5 Å². The van der Waals surface area contributed by atoms with Crippen molar-refractivity contribution >= 4 is 16.9 Å². The Labute approximate surface area is 121 Å². The fourth-order valence-electron chi connectivity index (χ4n) is 3.76. The van der Waals surface area contributed by atoms with Gasteiger partial charge in [-0.15, -0.1) is 0 Å². The highest BCUT2D eigenvalue weighted by molar-refractivity contribution is 8.13. The third-order valence-corrected chi connectivity index (χ3v) is 6.30. The van der Waals surface area contributed by atoms with Crippen LogP contribution in [-0.2, 0) is 0 Å². The van der Waals surface area contributed by atoms with Gasteiger partial charge in [0.1, 0.15) is 0 Å². The lowest BCUT2D eigenvalue weighted by molar-refractivity contribution is 0.211. The lowest BCUT2D eigenvalue weighted by atomic mass is 9.89. The summed E-state index contributed by atoms with van der Waals surface area (Å²) in [4.78, 5) is 7.28. The van der Waals surface area contributed by atoms with E-state index in [1.54, 1.807) is 0 Å². The number of thioether (sulfide) groups is 1. The van der Waals surface area contributed by atoms with Crippen molar-refractivity contribution in [3.8, 4) is 0 Å². The van der Waals surface area contributed by atoms with Gasteiger partial charge in [-0.2, -0.15) is 0 Å². The lowest BCUT2D eigenvalue weighted by Gasteiger charge is -2.33. The van der Waals surface area contributed by atoms with Gasteiger partial charge >= 0.3 is 0 Å². The van der Waals surface area contributed by atoms with E-state index in [1.165, 1.54) is 62.5 Å². The molecule has 1 saturated carbocycles. The highest BCUT2D eigenvalue weighted by atomic mass is 32.2. The Bertz CT molecular complexity index is 336. The normalized spacial score (nSPS) is 31.4. The maximum absolute atomic E-state index is 4.82. The molecule has 3 aliphatic rings. The van der Waals surface area contributed by atoms with Crippen LogP contribution in [0.2, 0.25) is 0 Å². The summed E-state index contributed by atoms with van der Waals surface area (Å²) < 4.78 is 0. The molecule has 1 N–H and O–H groups in total. The highest BCUT2D eigenvalue weighted by Crippen LogP contribution is 2.43. The Morgan fingerprint density at radius 1 is 1.37 bits per heavy atom. The van der Waals surface area contributed by atoms with E-state index in [1.807, 2.05) is 11.8 Å². The van der Waals surface area contributed by atoms with E-state index in [-0.39, 0.29) is 0 Å². The molecule has 2 aliphatic heterocycles. The number of rotatable bonds is 2. The number of aliphatic imine (C=N–C) groups is 1. The van der Waals surface area contributed by atoms with Crippen molar-refractivity contribution in [2.75, 3.05) is 39.0 Å². The third kappa shape index (κ3) is 3.46. The first-order chi connectivity index (χ1) is 9.26. The molecule has 0 radical (unpaired) electrons. The molecule has 4 heteroatoms. The molecule has 2 fully saturated rings. The van der Waals surface area contributed by atoms with Gasteiger partial charge in [0, 0.05) is 25.4 Å². The molecule has 19 heavy (non-hydrogen) atoms. The highest BCUT2D eigenvalue weighted by Gasteiger charge is 2.36. The van der Waals surface area contributed by atoms with Crippen molar-refractivity contribution in [1.82, 2.24) is 10.2 Å². The fraction of sp³-hybridized carbons (Fsp3) is 0.933. The molecule has 3 nitrogen and oxygen atoms in total. The predicted octanol–water partition coefficient (Wildman–Crippen LogP) is 2.58. The van der Waals surface area contributed by atoms with Gasteiger partial charge in [-0.1, -0.05) is 24.6 Å². The molecule has 2 heterocycles. The van der Waals surface area contributed by atoms with Gasteiger partial charge in [0.2, 0.25) is 0 Å². The molecule has 3 rings (SSSR count). The van der Waals surface area contributed by atoms with Crippen LogP contribution in [0.4, 0.5) is 0 Å². The molecule has 0 amide bonds. The minimum Gasteiger partial charge on any atom is -0.365 e. The van der Waals surface area contributed by atoms with E-state index in [0.717, 1.165) is 19.0 Å². The third-order valence-electron chi connectivity index (χ3n) is 5.00. The quantitative estimate of drug-likeness (QED) is 0.843. The second kappa shape index (κ2) is 6.04. The average molecular weight is 281 g/mol. The number of piperidine rings is 1. The van der Waals surface area contributed by atoms with Crippen LogP contribution in [0.15, 0.2) is 4.99 Å². The van der Waals surface area contributed by atoms with Gasteiger partial charge in [-0.3, -0.25) is 4.99 Å². The van der Waals surface area contributed by atoms with Crippen molar-refractivity contribution < 1.29 is 0 Å². The van der Waals surface area contributed by atoms with Crippen molar-refractivity contribution in [2.45, 2.75) is 38.5 Å². The first kappa shape index (κ1) is 13.7. The maximum atomic E-state index is 4.82. The number of hydrogen-bond acceptors (Lipinski definition) is 4. The molecule has 0 aromatic rings. The Morgan fingerprint density at radius 3 is 2.89 bits per heavy atom. The number of nitrogens with zero attached hydrogens (tertiary/aromatic N) is 2. The average Bonchev–Trinajstić information content (AvgIpc) is 2.87. The second-order valence-electron chi connectivity index (χ2n) is 6.77. The van der Waals surface area contributed by atoms with E-state index in [0.29, 0.717) is 5.41 Å². The second-order valence-corrected chi connectivity index (χ2v) is 7.73. The van der Waals surface area contributed by atoms with Crippen molar-refractivity contribution in [1.29, 1.82) is 0 Å². The van der Waals surface area contributed by atoms with Gasteiger partial charge in [-0.05, 0) is 50.6 Å². The van der Waals surface area contributed by atoms with Gasteiger partial charge in [0.25, 0.3) is 0 Å². The van der Waals surface area contributed by atoms with Crippen molar-refractivity contribution in [3.05, 3.63) is 0 Å². The van der Waals surface area contributed by atoms with E-state index in [9.17, 15) is 0 Å². The summed E-state index contributed by atoms with van der Waals surface area (Å²) in [7, 11) is 2.24. The molecule has 1 unspecified atom stereocenters. The fourth-order valence-corrected chi connectivity index (χ4v) is 4.92. The number of nitrogens with one attached hydrogen (secondary N) is 1. The molecular formula is C15H27N3S. The monoisotopic (exact) mass is 281 g/mol. The van der Waals surface area contributed by atoms with Crippen molar-refractivity contribution in [2.24, 2.45) is 16.3 Å². The van der Waals surface area contributed by atoms with Gasteiger partial charge in [0.05, 0.1) is 0 Å². The molecule has 108 valence electrons. The van der Waals surface area contributed by atoms with E-state index >= 15 is 0 Å². The summed E-state index contributed by atoms with van der Waals surface area (Å²) in [5, 5.41) is 4.82. The summed E-state index contributed by atoms with van der Waals surface area (Å²) in [5.74, 6) is 2.10. The summed E-state index contributed by atoms with van der Waals surface area (Å²) in [5.41, 5.74) is 0.570. The number of hydrogen-bond donors (Lipinski definition) is 1. The van der Waals surface area contributed by atoms with E-state index in [2.05, 4.69) is 17.3 Å². The molecular weight excluding hydrogens is 254 g/mol. The Hall–Kier alpha value is -0.220. The maximum Gasteiger partial charge on any atom is 0.156 e. The summed E-state index contributed by atoms with van der Waals surface area (Å²) in [6.07, 6.45) is 8.39. The Morgan fingerprint density at radius 2 is 2.21 bits per heavy atom. The largest absolute Gasteiger partial charge is 0.365 e. The zero-order valence-electron chi connectivity index (χ0n) is 12.2. The topological polar surface area (TPSA) is 27.6 Å². The van der Waals surface area contributed by atoms with Crippen LogP contribution < -0.4 is 5.32 Å². The van der Waals surface area contributed by atoms with Crippen LogP contribution in [0, 0.1) is 11.3 Å². The molecule has 1 aliphatic carbocycles. The van der Waals surface area contributed by atoms with Gasteiger partial charge < -0.3 is 10.2 Å². The van der Waals surface area contributed by atoms with Crippen LogP contribution in [0.25, 0.3) is 0 Å². The minimum absolute atomic E-state index is 0.570. The molecule has 1 spiro atoms. The summed E-state index contributed by atoms with van der Waals surface area (Å²) in [6, 6.07) is 0. The first-order valence-corrected chi connectivity index (χ1v) is 8.84. The Kier molecular flexibility index (Phi) is 4.37. The zero-order chi connectivity index (χ0) is 13.1. The standard InChI is InChI=1S/C15H27N3S/c1-18-8-4-5-13(10-18)9-16-14-17-11-15(12-19-14)6-2-3-7-15/h13H,2-12H2,1H3,(H,16,17). The summed E-state index contributed by atoms with van der Waals surface area (Å²) in [6.45, 7) is 4.71. The van der Waals surface area contributed by atoms with E-state index < -0.39 is 0 Å². The van der Waals surface area contributed by atoms with Crippen molar-refractivity contribution in [3.63, 3.8) is 0 Å². The van der Waals surface area contributed by atoms with Crippen LogP contribution >= 0.6 is 11.8 Å². The van der Waals surface area contributed by atoms with Gasteiger partial charge in [-0.25, -0.2) is 0 Å². The number of likely N-dealkylation sites (tertiary alicyclic amines) is 1. The van der Waals surface area contributed by atoms with Gasteiger partial charge in [0.15, 0.2) is 5.17 Å². The molecule has 1 atom stereocenters. The molecule has 0 aromatic heterocycles. The minimum atomic E-state index is 0.570. The Balaban J connectivity index is 1.45. The molecule has 1 saturated heterocycles. The smallest absolute Gasteiger partial charge is 0.156 e. The number of amidine groups is 1. The van der Waals surface area contributed by atoms with Crippen LogP contribution in [0.5, 0.6) is 0 Å². The lowest BCUT2D eigenvalue weighted by Crippen LogP contribution is -2.40. The summed E-state index contributed by atoms with van der Waals surface area (Å²) >= 11 is 1.97. The van der Waals surface area contributed by atoms with Crippen LogP contribution in [0.3, 0.4) is 0 Å². The molecule has 0 aromatic carbocycles. The SMILES string of the molecule is CN1CCCC(CNC2=NCC3(CCCC3)CS2)C1. The molecule has 0 bridgehead atoms. The first-order valence-electron chi connectivity index (χ1n) is 7.85. The zero-order valence-corrected chi connectivity index (χ0v) is 13.0. The predicted molar refractivity (Wildman–Crippen MR) is 83.9 cm³/mol. The van der Waals surface area contributed by atoms with Crippen LogP contribution in [-0.4, -0.2) is 49.0 Å².